The highest BCUT2D eigenvalue weighted by Crippen LogP contribution is 2.25. The molecule has 1 rings (SSSR count). The second-order valence-corrected chi connectivity index (χ2v) is 5.16. The lowest BCUT2D eigenvalue weighted by Crippen LogP contribution is -2.43. The fourth-order valence-electron chi connectivity index (χ4n) is 2.43. The summed E-state index contributed by atoms with van der Waals surface area (Å²) in [5.41, 5.74) is 7.36. The number of methoxy groups -OCH3 is 1. The molecular weight excluding hydrogens is 266 g/mol. The number of amides is 1. The third-order valence-electron chi connectivity index (χ3n) is 3.58. The first-order valence-electron chi connectivity index (χ1n) is 7.39. The number of carbonyl (C=O) groups is 1. The van der Waals surface area contributed by atoms with E-state index in [4.69, 9.17) is 10.5 Å². The van der Waals surface area contributed by atoms with Crippen LogP contribution >= 0.6 is 0 Å². The number of ether oxygens (including phenoxy) is 1. The van der Waals surface area contributed by atoms with E-state index in [9.17, 15) is 4.79 Å². The molecule has 0 bridgehead atoms. The summed E-state index contributed by atoms with van der Waals surface area (Å²) in [7, 11) is 3.57. The van der Waals surface area contributed by atoms with Gasteiger partial charge in [-0.3, -0.25) is 9.69 Å². The van der Waals surface area contributed by atoms with E-state index in [1.807, 2.05) is 43.1 Å². The number of carbonyl (C=O) groups excluding carboxylic acids is 1. The van der Waals surface area contributed by atoms with Crippen LogP contribution in [0, 0.1) is 0 Å². The van der Waals surface area contributed by atoms with Crippen LogP contribution in [0.3, 0.4) is 0 Å². The van der Waals surface area contributed by atoms with Crippen LogP contribution in [0.4, 0.5) is 0 Å². The van der Waals surface area contributed by atoms with Gasteiger partial charge in [-0.05, 0) is 38.1 Å². The summed E-state index contributed by atoms with van der Waals surface area (Å²) in [4.78, 5) is 13.8. The molecule has 2 atom stereocenters. The molecule has 0 aliphatic carbocycles. The minimum absolute atomic E-state index is 0.00325. The molecule has 0 fully saturated rings. The predicted molar refractivity (Wildman–Crippen MR) is 85.3 cm³/mol. The van der Waals surface area contributed by atoms with Gasteiger partial charge in [-0.1, -0.05) is 19.1 Å². The van der Waals surface area contributed by atoms with Gasteiger partial charge in [0.05, 0.1) is 19.7 Å². The van der Waals surface area contributed by atoms with E-state index >= 15 is 0 Å². The Morgan fingerprint density at radius 1 is 1.33 bits per heavy atom. The van der Waals surface area contributed by atoms with Crippen LogP contribution in [0.25, 0.3) is 0 Å². The van der Waals surface area contributed by atoms with Crippen LogP contribution in [0.5, 0.6) is 5.75 Å². The molecule has 21 heavy (non-hydrogen) atoms. The highest BCUT2D eigenvalue weighted by molar-refractivity contribution is 5.77. The third-order valence-corrected chi connectivity index (χ3v) is 3.58. The number of nitrogens with one attached hydrogen (secondary N) is 1. The number of nitrogens with two attached hydrogens (primary N) is 1. The lowest BCUT2D eigenvalue weighted by molar-refractivity contribution is -0.122. The zero-order valence-electron chi connectivity index (χ0n) is 13.4. The van der Waals surface area contributed by atoms with Crippen molar-refractivity contribution in [1.29, 1.82) is 0 Å². The minimum atomic E-state index is -0.0298. The Morgan fingerprint density at radius 2 is 1.95 bits per heavy atom. The van der Waals surface area contributed by atoms with Gasteiger partial charge >= 0.3 is 0 Å². The van der Waals surface area contributed by atoms with E-state index in [1.165, 1.54) is 0 Å². The van der Waals surface area contributed by atoms with Crippen molar-refractivity contribution < 1.29 is 9.53 Å². The zero-order chi connectivity index (χ0) is 15.8. The Labute approximate surface area is 127 Å². The Bertz CT molecular complexity index is 434. The largest absolute Gasteiger partial charge is 0.497 e. The Morgan fingerprint density at radius 3 is 2.43 bits per heavy atom. The lowest BCUT2D eigenvalue weighted by atomic mass is 9.96. The van der Waals surface area contributed by atoms with Crippen molar-refractivity contribution in [2.24, 2.45) is 5.73 Å². The van der Waals surface area contributed by atoms with Gasteiger partial charge in [0.15, 0.2) is 0 Å². The molecule has 118 valence electrons. The summed E-state index contributed by atoms with van der Waals surface area (Å²) in [5.74, 6) is 0.829. The van der Waals surface area contributed by atoms with E-state index in [1.54, 1.807) is 7.11 Å². The van der Waals surface area contributed by atoms with Crippen molar-refractivity contribution in [1.82, 2.24) is 10.2 Å². The van der Waals surface area contributed by atoms with Crippen molar-refractivity contribution >= 4 is 5.91 Å². The highest BCUT2D eigenvalue weighted by atomic mass is 16.5. The van der Waals surface area contributed by atoms with Gasteiger partial charge < -0.3 is 15.8 Å². The number of hydrogen-bond acceptors (Lipinski definition) is 4. The molecule has 2 unspecified atom stereocenters. The van der Waals surface area contributed by atoms with E-state index in [0.29, 0.717) is 13.1 Å². The van der Waals surface area contributed by atoms with E-state index in [-0.39, 0.29) is 18.0 Å². The van der Waals surface area contributed by atoms with E-state index < -0.39 is 0 Å². The first-order valence-corrected chi connectivity index (χ1v) is 7.39. The van der Waals surface area contributed by atoms with E-state index in [0.717, 1.165) is 17.7 Å². The Kier molecular flexibility index (Phi) is 7.19. The van der Waals surface area contributed by atoms with Crippen LogP contribution in [0.2, 0.25) is 0 Å². The average molecular weight is 293 g/mol. The van der Waals surface area contributed by atoms with Crippen LogP contribution in [-0.4, -0.2) is 44.1 Å². The number of likely N-dealkylation sites (N-methyl/N-ethyl adjacent to an activating group) is 2. The van der Waals surface area contributed by atoms with Gasteiger partial charge in [0.2, 0.25) is 5.91 Å². The predicted octanol–water partition coefficient (Wildman–Crippen LogP) is 1.54. The van der Waals surface area contributed by atoms with Crippen molar-refractivity contribution in [3.63, 3.8) is 0 Å². The summed E-state index contributed by atoms with van der Waals surface area (Å²) < 4.78 is 5.18. The number of hydrogen-bond donors (Lipinski definition) is 2. The summed E-state index contributed by atoms with van der Waals surface area (Å²) in [6.45, 7) is 4.94. The molecule has 5 heteroatoms. The van der Waals surface area contributed by atoms with Gasteiger partial charge in [-0.15, -0.1) is 0 Å². The smallest absolute Gasteiger partial charge is 0.234 e. The standard InChI is InChI=1S/C16H27N3O2/c1-5-14(17)16(19(3)11-15(20)18-6-2)12-7-9-13(21-4)10-8-12/h7-10,14,16H,5-6,11,17H2,1-4H3,(H,18,20). The normalized spacial score (nSPS) is 13.8. The van der Waals surface area contributed by atoms with Gasteiger partial charge in [-0.25, -0.2) is 0 Å². The first-order chi connectivity index (χ1) is 10.0. The maximum Gasteiger partial charge on any atom is 0.234 e. The highest BCUT2D eigenvalue weighted by Gasteiger charge is 2.24. The summed E-state index contributed by atoms with van der Waals surface area (Å²) in [6.07, 6.45) is 0.844. The maximum atomic E-state index is 11.8. The monoisotopic (exact) mass is 293 g/mol. The SMILES string of the molecule is CCNC(=O)CN(C)C(c1ccc(OC)cc1)C(N)CC. The Balaban J connectivity index is 2.90. The maximum absolute atomic E-state index is 11.8. The number of benzene rings is 1. The molecule has 1 aromatic rings. The topological polar surface area (TPSA) is 67.6 Å². The zero-order valence-corrected chi connectivity index (χ0v) is 13.4. The molecule has 0 aliphatic rings. The van der Waals surface area contributed by atoms with Crippen LogP contribution in [-0.2, 0) is 4.79 Å². The molecule has 0 radical (unpaired) electrons. The summed E-state index contributed by atoms with van der Waals surface area (Å²) in [5, 5.41) is 2.82. The van der Waals surface area contributed by atoms with Gasteiger partial charge in [0.1, 0.15) is 5.75 Å². The van der Waals surface area contributed by atoms with Crippen molar-refractivity contribution in [2.75, 3.05) is 27.2 Å². The summed E-state index contributed by atoms with van der Waals surface area (Å²) in [6, 6.07) is 7.83. The first kappa shape index (κ1) is 17.5. The van der Waals surface area contributed by atoms with Gasteiger partial charge in [0, 0.05) is 12.6 Å². The molecule has 0 saturated carbocycles. The Hall–Kier alpha value is -1.59. The molecule has 1 aromatic carbocycles. The fourth-order valence-corrected chi connectivity index (χ4v) is 2.43. The molecule has 0 heterocycles. The third kappa shape index (κ3) is 5.02. The van der Waals surface area contributed by atoms with Crippen LogP contribution in [0.1, 0.15) is 31.9 Å². The molecule has 0 aliphatic heterocycles. The molecule has 1 amide bonds. The van der Waals surface area contributed by atoms with Gasteiger partial charge in [0.25, 0.3) is 0 Å². The molecular formula is C16H27N3O2. The van der Waals surface area contributed by atoms with Crippen molar-refractivity contribution in [3.05, 3.63) is 29.8 Å². The molecule has 0 spiro atoms. The lowest BCUT2D eigenvalue weighted by Gasteiger charge is -2.32. The quantitative estimate of drug-likeness (QED) is 0.763. The number of rotatable bonds is 8. The second-order valence-electron chi connectivity index (χ2n) is 5.16. The van der Waals surface area contributed by atoms with Gasteiger partial charge in [-0.2, -0.15) is 0 Å². The number of nitrogens with zero attached hydrogens (tertiary/aromatic N) is 1. The fraction of sp³-hybridized carbons (Fsp3) is 0.562. The summed E-state index contributed by atoms with van der Waals surface area (Å²) >= 11 is 0. The van der Waals surface area contributed by atoms with Crippen LogP contribution < -0.4 is 15.8 Å². The molecule has 0 aromatic heterocycles. The molecule has 5 nitrogen and oxygen atoms in total. The second kappa shape index (κ2) is 8.64. The average Bonchev–Trinajstić information content (AvgIpc) is 2.48. The van der Waals surface area contributed by atoms with Crippen LogP contribution in [0.15, 0.2) is 24.3 Å². The van der Waals surface area contributed by atoms with Crippen molar-refractivity contribution in [2.45, 2.75) is 32.4 Å². The molecule has 3 N–H and O–H groups in total. The minimum Gasteiger partial charge on any atom is -0.497 e. The van der Waals surface area contributed by atoms with Crippen molar-refractivity contribution in [3.8, 4) is 5.75 Å². The van der Waals surface area contributed by atoms with E-state index in [2.05, 4.69) is 12.2 Å². The molecule has 0 saturated heterocycles.